The van der Waals surface area contributed by atoms with Crippen molar-refractivity contribution in [2.75, 3.05) is 0 Å². The fourth-order valence-electron chi connectivity index (χ4n) is 3.10. The summed E-state index contributed by atoms with van der Waals surface area (Å²) in [6.45, 7) is 5.58. The number of nitrogens with two attached hydrogens (primary N) is 2. The van der Waals surface area contributed by atoms with Crippen LogP contribution in [0.3, 0.4) is 0 Å². The number of hydrogen-bond donors (Lipinski definition) is 2. The average Bonchev–Trinajstić information content (AvgIpc) is 2.46. The van der Waals surface area contributed by atoms with E-state index in [0.717, 1.165) is 5.56 Å². The number of carbonyl (C=O) groups excluding carboxylic acids is 2. The molecule has 2 rings (SSSR count). The van der Waals surface area contributed by atoms with Crippen LogP contribution in [-0.4, -0.2) is 17.7 Å². The van der Waals surface area contributed by atoms with E-state index in [1.54, 1.807) is 12.1 Å². The Morgan fingerprint density at radius 1 is 1.17 bits per heavy atom. The summed E-state index contributed by atoms with van der Waals surface area (Å²) >= 11 is 0. The molecule has 1 aliphatic carbocycles. The van der Waals surface area contributed by atoms with Crippen LogP contribution in [-0.2, 0) is 15.1 Å². The summed E-state index contributed by atoms with van der Waals surface area (Å²) in [7, 11) is 0. The molecule has 4 N–H and O–H groups in total. The van der Waals surface area contributed by atoms with E-state index in [0.29, 0.717) is 31.4 Å². The number of hydrogen-bond acceptors (Lipinski definition) is 5. The molecule has 1 aliphatic rings. The molecule has 1 aromatic carbocycles. The van der Waals surface area contributed by atoms with E-state index in [9.17, 15) is 9.59 Å². The van der Waals surface area contributed by atoms with E-state index < -0.39 is 17.2 Å². The van der Waals surface area contributed by atoms with Gasteiger partial charge in [-0.3, -0.25) is 4.79 Å². The maximum atomic E-state index is 12.2. The topological polar surface area (TPSA) is 105 Å². The number of esters is 1. The van der Waals surface area contributed by atoms with Gasteiger partial charge in [-0.2, -0.15) is 0 Å². The molecule has 1 amide bonds. The number of ether oxygens (including phenoxy) is 2. The SMILES string of the molecule is CC(C)(C)OC(=O)C1CCC(N)(c2ccccc2OC(N)=O)CC1. The first-order chi connectivity index (χ1) is 11.1. The lowest BCUT2D eigenvalue weighted by Gasteiger charge is -2.38. The summed E-state index contributed by atoms with van der Waals surface area (Å²) in [6.07, 6.45) is 1.62. The van der Waals surface area contributed by atoms with E-state index in [1.807, 2.05) is 32.9 Å². The smallest absolute Gasteiger partial charge is 0.409 e. The van der Waals surface area contributed by atoms with Crippen molar-refractivity contribution < 1.29 is 19.1 Å². The summed E-state index contributed by atoms with van der Waals surface area (Å²) in [5, 5.41) is 0. The molecule has 1 saturated carbocycles. The number of carbonyl (C=O) groups is 2. The second-order valence-electron chi connectivity index (χ2n) is 7.38. The van der Waals surface area contributed by atoms with Crippen LogP contribution in [0.15, 0.2) is 24.3 Å². The van der Waals surface area contributed by atoms with Crippen molar-refractivity contribution in [1.29, 1.82) is 0 Å². The molecule has 6 heteroatoms. The van der Waals surface area contributed by atoms with Gasteiger partial charge in [0.1, 0.15) is 11.4 Å². The highest BCUT2D eigenvalue weighted by Gasteiger charge is 2.38. The molecule has 0 atom stereocenters. The van der Waals surface area contributed by atoms with Crippen LogP contribution >= 0.6 is 0 Å². The predicted molar refractivity (Wildman–Crippen MR) is 90.3 cm³/mol. The normalized spacial score (nSPS) is 24.2. The lowest BCUT2D eigenvalue weighted by atomic mass is 9.73. The van der Waals surface area contributed by atoms with Gasteiger partial charge in [0.15, 0.2) is 0 Å². The number of amides is 1. The first-order valence-corrected chi connectivity index (χ1v) is 8.19. The van der Waals surface area contributed by atoms with Gasteiger partial charge in [0, 0.05) is 11.1 Å². The largest absolute Gasteiger partial charge is 0.460 e. The summed E-state index contributed by atoms with van der Waals surface area (Å²) in [4.78, 5) is 23.3. The molecule has 0 spiro atoms. The molecule has 1 fully saturated rings. The van der Waals surface area contributed by atoms with Crippen LogP contribution in [0.25, 0.3) is 0 Å². The van der Waals surface area contributed by atoms with E-state index in [2.05, 4.69) is 0 Å². The number of para-hydroxylation sites is 1. The van der Waals surface area contributed by atoms with Crippen LogP contribution in [0.1, 0.15) is 52.0 Å². The Labute approximate surface area is 142 Å². The molecule has 0 heterocycles. The summed E-state index contributed by atoms with van der Waals surface area (Å²) in [5.41, 5.74) is 11.3. The second kappa shape index (κ2) is 6.81. The Balaban J connectivity index is 2.10. The van der Waals surface area contributed by atoms with Crippen molar-refractivity contribution >= 4 is 12.1 Å². The number of benzene rings is 1. The van der Waals surface area contributed by atoms with Crippen LogP contribution in [0, 0.1) is 5.92 Å². The first kappa shape index (κ1) is 18.3. The van der Waals surface area contributed by atoms with Crippen molar-refractivity contribution in [1.82, 2.24) is 0 Å². The fraction of sp³-hybridized carbons (Fsp3) is 0.556. The van der Waals surface area contributed by atoms with E-state index in [1.165, 1.54) is 0 Å². The average molecular weight is 334 g/mol. The van der Waals surface area contributed by atoms with Gasteiger partial charge in [-0.15, -0.1) is 0 Å². The molecule has 24 heavy (non-hydrogen) atoms. The zero-order valence-corrected chi connectivity index (χ0v) is 14.5. The van der Waals surface area contributed by atoms with Gasteiger partial charge in [-0.05, 0) is 52.5 Å². The number of primary amides is 1. The Bertz CT molecular complexity index is 614. The van der Waals surface area contributed by atoms with Crippen molar-refractivity contribution in [3.63, 3.8) is 0 Å². The highest BCUT2D eigenvalue weighted by Crippen LogP contribution is 2.41. The Kier molecular flexibility index (Phi) is 5.18. The highest BCUT2D eigenvalue weighted by molar-refractivity contribution is 5.73. The molecular formula is C18H26N2O4. The van der Waals surface area contributed by atoms with Gasteiger partial charge in [0.2, 0.25) is 0 Å². The zero-order valence-electron chi connectivity index (χ0n) is 14.5. The van der Waals surface area contributed by atoms with Crippen molar-refractivity contribution in [2.24, 2.45) is 17.4 Å². The highest BCUT2D eigenvalue weighted by atomic mass is 16.6. The quantitative estimate of drug-likeness (QED) is 0.827. The molecule has 0 unspecified atom stereocenters. The first-order valence-electron chi connectivity index (χ1n) is 8.19. The van der Waals surface area contributed by atoms with Crippen LogP contribution in [0.4, 0.5) is 4.79 Å². The van der Waals surface area contributed by atoms with Crippen molar-refractivity contribution in [2.45, 2.75) is 57.6 Å². The Hall–Kier alpha value is -2.08. The molecule has 0 aromatic heterocycles. The third kappa shape index (κ3) is 4.47. The number of rotatable bonds is 3. The molecule has 0 aliphatic heterocycles. The predicted octanol–water partition coefficient (Wildman–Crippen LogP) is 2.83. The maximum absolute atomic E-state index is 12.2. The zero-order chi connectivity index (χ0) is 18.0. The second-order valence-corrected chi connectivity index (χ2v) is 7.38. The molecule has 0 radical (unpaired) electrons. The molecule has 0 bridgehead atoms. The van der Waals surface area contributed by atoms with Gasteiger partial charge >= 0.3 is 12.1 Å². The molecule has 0 saturated heterocycles. The van der Waals surface area contributed by atoms with E-state index in [-0.39, 0.29) is 11.9 Å². The maximum Gasteiger partial charge on any atom is 0.409 e. The molecule has 6 nitrogen and oxygen atoms in total. The molecular weight excluding hydrogens is 308 g/mol. The van der Waals surface area contributed by atoms with Gasteiger partial charge in [-0.25, -0.2) is 4.79 Å². The fourth-order valence-corrected chi connectivity index (χ4v) is 3.10. The summed E-state index contributed by atoms with van der Waals surface area (Å²) in [5.74, 6) is 0.0551. The Morgan fingerprint density at radius 2 is 1.75 bits per heavy atom. The minimum absolute atomic E-state index is 0.148. The minimum Gasteiger partial charge on any atom is -0.460 e. The lowest BCUT2D eigenvalue weighted by Crippen LogP contribution is -2.43. The molecule has 132 valence electrons. The molecule has 1 aromatic rings. The van der Waals surface area contributed by atoms with Crippen molar-refractivity contribution in [3.8, 4) is 5.75 Å². The van der Waals surface area contributed by atoms with Crippen molar-refractivity contribution in [3.05, 3.63) is 29.8 Å². The van der Waals surface area contributed by atoms with Crippen LogP contribution in [0.5, 0.6) is 5.75 Å². The van der Waals surface area contributed by atoms with Crippen LogP contribution < -0.4 is 16.2 Å². The van der Waals surface area contributed by atoms with Gasteiger partial charge in [0.05, 0.1) is 5.92 Å². The third-order valence-corrected chi connectivity index (χ3v) is 4.25. The van der Waals surface area contributed by atoms with E-state index in [4.69, 9.17) is 20.9 Å². The summed E-state index contributed by atoms with van der Waals surface area (Å²) in [6, 6.07) is 7.12. The minimum atomic E-state index is -0.867. The Morgan fingerprint density at radius 3 is 2.29 bits per heavy atom. The van der Waals surface area contributed by atoms with Crippen LogP contribution in [0.2, 0.25) is 0 Å². The third-order valence-electron chi connectivity index (χ3n) is 4.25. The lowest BCUT2D eigenvalue weighted by molar-refractivity contribution is -0.161. The van der Waals surface area contributed by atoms with E-state index >= 15 is 0 Å². The van der Waals surface area contributed by atoms with Gasteiger partial charge in [0.25, 0.3) is 0 Å². The van der Waals surface area contributed by atoms with Gasteiger partial charge in [-0.1, -0.05) is 18.2 Å². The monoisotopic (exact) mass is 334 g/mol. The standard InChI is InChI=1S/C18H26N2O4/c1-17(2,3)24-15(21)12-8-10-18(20,11-9-12)13-6-4-5-7-14(13)23-16(19)22/h4-7,12H,8-11,20H2,1-3H3,(H2,19,22). The summed E-state index contributed by atoms with van der Waals surface area (Å²) < 4.78 is 10.5. The van der Waals surface area contributed by atoms with Gasteiger partial charge < -0.3 is 20.9 Å².